The van der Waals surface area contributed by atoms with Crippen LogP contribution in [0, 0.1) is 0 Å². The van der Waals surface area contributed by atoms with Crippen LogP contribution in [0.3, 0.4) is 0 Å². The summed E-state index contributed by atoms with van der Waals surface area (Å²) in [4.78, 5) is 0. The fourth-order valence-corrected chi connectivity index (χ4v) is 2.98. The number of hydrogen-bond acceptors (Lipinski definition) is 1. The van der Waals surface area contributed by atoms with Crippen LogP contribution in [-0.4, -0.2) is 5.60 Å². The van der Waals surface area contributed by atoms with Crippen molar-refractivity contribution in [3.63, 3.8) is 0 Å². The third-order valence-electron chi connectivity index (χ3n) is 3.73. The molecule has 128 valence electrons. The largest absolute Gasteiger partial charge is 0.487 e. The molecule has 0 aromatic heterocycles. The molecule has 3 heteroatoms. The molecule has 1 nitrogen and oxygen atoms in total. The zero-order valence-electron chi connectivity index (χ0n) is 14.5. The molecule has 0 bridgehead atoms. The highest BCUT2D eigenvalue weighted by Crippen LogP contribution is 2.41. The number of halogens is 2. The molecule has 0 aliphatic carbocycles. The Labute approximate surface area is 159 Å². The molecule has 3 aromatic rings. The lowest BCUT2D eigenvalue weighted by molar-refractivity contribution is 0.132. The molecule has 3 rings (SSSR count). The minimum atomic E-state index is -0.292. The van der Waals surface area contributed by atoms with Gasteiger partial charge in [-0.1, -0.05) is 59.6 Å². The first kappa shape index (κ1) is 17.8. The minimum absolute atomic E-state index is 0.292. The van der Waals surface area contributed by atoms with Crippen LogP contribution in [0.2, 0.25) is 10.0 Å². The fraction of sp³-hybridized carbons (Fsp3) is 0.182. The van der Waals surface area contributed by atoms with Crippen molar-refractivity contribution < 1.29 is 4.74 Å². The lowest BCUT2D eigenvalue weighted by atomic mass is 9.93. The molecule has 0 aliphatic heterocycles. The van der Waals surface area contributed by atoms with Crippen molar-refractivity contribution in [2.75, 3.05) is 0 Å². The van der Waals surface area contributed by atoms with E-state index in [4.69, 9.17) is 27.9 Å². The van der Waals surface area contributed by atoms with Crippen LogP contribution in [0.25, 0.3) is 22.3 Å². The van der Waals surface area contributed by atoms with Crippen LogP contribution >= 0.6 is 23.2 Å². The Bertz CT molecular complexity index is 860. The summed E-state index contributed by atoms with van der Waals surface area (Å²) >= 11 is 12.1. The van der Waals surface area contributed by atoms with E-state index in [1.54, 1.807) is 0 Å². The topological polar surface area (TPSA) is 9.23 Å². The molecule has 0 atom stereocenters. The highest BCUT2D eigenvalue weighted by molar-refractivity contribution is 6.31. The van der Waals surface area contributed by atoms with Crippen LogP contribution in [-0.2, 0) is 0 Å². The summed E-state index contributed by atoms with van der Waals surface area (Å²) in [5.74, 6) is 0.849. The van der Waals surface area contributed by atoms with Crippen molar-refractivity contribution in [2.24, 2.45) is 0 Å². The van der Waals surface area contributed by atoms with Crippen LogP contribution in [0.15, 0.2) is 66.7 Å². The van der Waals surface area contributed by atoms with Crippen molar-refractivity contribution in [3.05, 3.63) is 76.8 Å². The van der Waals surface area contributed by atoms with Gasteiger partial charge in [-0.05, 0) is 67.8 Å². The third kappa shape index (κ3) is 4.36. The van der Waals surface area contributed by atoms with Gasteiger partial charge in [0.25, 0.3) is 0 Å². The first-order valence-corrected chi connectivity index (χ1v) is 8.93. The molecule has 0 spiro atoms. The van der Waals surface area contributed by atoms with Gasteiger partial charge in [-0.15, -0.1) is 0 Å². The highest BCUT2D eigenvalue weighted by Gasteiger charge is 2.18. The van der Waals surface area contributed by atoms with Gasteiger partial charge in [0.2, 0.25) is 0 Å². The molecule has 0 saturated carbocycles. The molecule has 25 heavy (non-hydrogen) atoms. The fourth-order valence-electron chi connectivity index (χ4n) is 2.73. The number of benzene rings is 3. The van der Waals surface area contributed by atoms with Gasteiger partial charge in [0.05, 0.1) is 0 Å². The average molecular weight is 371 g/mol. The zero-order chi connectivity index (χ0) is 18.0. The molecule has 0 N–H and O–H groups in total. The Balaban J connectivity index is 2.22. The monoisotopic (exact) mass is 370 g/mol. The van der Waals surface area contributed by atoms with E-state index < -0.39 is 0 Å². The van der Waals surface area contributed by atoms with Gasteiger partial charge in [-0.3, -0.25) is 0 Å². The summed E-state index contributed by atoms with van der Waals surface area (Å²) in [6.45, 7) is 6.15. The average Bonchev–Trinajstić information content (AvgIpc) is 2.55. The Morgan fingerprint density at radius 2 is 1.20 bits per heavy atom. The van der Waals surface area contributed by atoms with Gasteiger partial charge < -0.3 is 4.74 Å². The summed E-state index contributed by atoms with van der Waals surface area (Å²) in [5.41, 5.74) is 4.01. The van der Waals surface area contributed by atoms with Crippen molar-refractivity contribution in [3.8, 4) is 28.0 Å². The first-order valence-electron chi connectivity index (χ1n) is 8.17. The zero-order valence-corrected chi connectivity index (χ0v) is 16.0. The molecule has 0 saturated heterocycles. The van der Waals surface area contributed by atoms with Gasteiger partial charge in [-0.2, -0.15) is 0 Å². The SMILES string of the molecule is CC(C)(C)Oc1cccc(-c2ccc(Cl)cc2)c1-c1ccc(Cl)cc1. The van der Waals surface area contributed by atoms with E-state index in [-0.39, 0.29) is 5.60 Å². The molecule has 0 unspecified atom stereocenters. The van der Waals surface area contributed by atoms with Gasteiger partial charge in [0.15, 0.2) is 0 Å². The maximum absolute atomic E-state index is 6.24. The summed E-state index contributed by atoms with van der Waals surface area (Å²) in [7, 11) is 0. The normalized spacial score (nSPS) is 11.4. The van der Waals surface area contributed by atoms with Crippen molar-refractivity contribution >= 4 is 23.2 Å². The second-order valence-corrected chi connectivity index (χ2v) is 7.78. The Morgan fingerprint density at radius 1 is 0.680 bits per heavy atom. The van der Waals surface area contributed by atoms with Gasteiger partial charge >= 0.3 is 0 Å². The van der Waals surface area contributed by atoms with Gasteiger partial charge in [0.1, 0.15) is 11.4 Å². The van der Waals surface area contributed by atoms with Crippen molar-refractivity contribution in [1.82, 2.24) is 0 Å². The number of rotatable bonds is 3. The standard InChI is InChI=1S/C22H20Cl2O/c1-22(2,3)25-20-6-4-5-19(15-7-11-17(23)12-8-15)21(20)16-9-13-18(24)14-10-16/h4-14H,1-3H3. The van der Waals surface area contributed by atoms with E-state index in [2.05, 4.69) is 6.07 Å². The first-order chi connectivity index (χ1) is 11.8. The van der Waals surface area contributed by atoms with E-state index >= 15 is 0 Å². The molecule has 0 aliphatic rings. The van der Waals surface area contributed by atoms with Gasteiger partial charge in [-0.25, -0.2) is 0 Å². The highest BCUT2D eigenvalue weighted by atomic mass is 35.5. The smallest absolute Gasteiger partial charge is 0.128 e. The Morgan fingerprint density at radius 3 is 1.72 bits per heavy atom. The predicted molar refractivity (Wildman–Crippen MR) is 108 cm³/mol. The van der Waals surface area contributed by atoms with Crippen LogP contribution in [0.5, 0.6) is 5.75 Å². The Kier molecular flexibility index (Phi) is 5.08. The molecule has 0 amide bonds. The molecule has 0 radical (unpaired) electrons. The van der Waals surface area contributed by atoms with Crippen LogP contribution in [0.1, 0.15) is 20.8 Å². The molecule has 0 heterocycles. The van der Waals surface area contributed by atoms with E-state index in [1.807, 2.05) is 81.4 Å². The van der Waals surface area contributed by atoms with Gasteiger partial charge in [0, 0.05) is 15.6 Å². The van der Waals surface area contributed by atoms with E-state index in [1.165, 1.54) is 0 Å². The van der Waals surface area contributed by atoms with Crippen LogP contribution in [0.4, 0.5) is 0 Å². The maximum atomic E-state index is 6.24. The molecule has 3 aromatic carbocycles. The second kappa shape index (κ2) is 7.11. The summed E-state index contributed by atoms with van der Waals surface area (Å²) in [6, 6.07) is 21.8. The number of hydrogen-bond donors (Lipinski definition) is 0. The number of ether oxygens (including phenoxy) is 1. The van der Waals surface area contributed by atoms with E-state index in [0.29, 0.717) is 5.02 Å². The summed E-state index contributed by atoms with van der Waals surface area (Å²) < 4.78 is 6.24. The Hall–Kier alpha value is -1.96. The quantitative estimate of drug-likeness (QED) is 0.463. The molecule has 0 fully saturated rings. The lowest BCUT2D eigenvalue weighted by Crippen LogP contribution is -2.23. The maximum Gasteiger partial charge on any atom is 0.128 e. The minimum Gasteiger partial charge on any atom is -0.487 e. The lowest BCUT2D eigenvalue weighted by Gasteiger charge is -2.25. The predicted octanol–water partition coefficient (Wildman–Crippen LogP) is 7.50. The van der Waals surface area contributed by atoms with Crippen LogP contribution < -0.4 is 4.74 Å². The summed E-state index contributed by atoms with van der Waals surface area (Å²) in [5, 5.41) is 1.44. The second-order valence-electron chi connectivity index (χ2n) is 6.91. The molecular weight excluding hydrogens is 351 g/mol. The van der Waals surface area contributed by atoms with Crippen molar-refractivity contribution in [1.29, 1.82) is 0 Å². The van der Waals surface area contributed by atoms with Crippen molar-refractivity contribution in [2.45, 2.75) is 26.4 Å². The third-order valence-corrected chi connectivity index (χ3v) is 4.23. The van der Waals surface area contributed by atoms with E-state index in [0.717, 1.165) is 33.0 Å². The summed E-state index contributed by atoms with van der Waals surface area (Å²) in [6.07, 6.45) is 0. The van der Waals surface area contributed by atoms with E-state index in [9.17, 15) is 0 Å². The molecular formula is C22H20Cl2O.